The molecule has 3 aromatic carbocycles. The molecule has 0 bridgehead atoms. The monoisotopic (exact) mass is 373 g/mol. The molecule has 0 amide bonds. The van der Waals surface area contributed by atoms with Crippen LogP contribution < -0.4 is 15.8 Å². The van der Waals surface area contributed by atoms with E-state index in [4.69, 9.17) is 5.84 Å². The van der Waals surface area contributed by atoms with Gasteiger partial charge >= 0.3 is 0 Å². The maximum atomic E-state index is 6.28. The maximum absolute atomic E-state index is 6.28. The van der Waals surface area contributed by atoms with Crippen LogP contribution in [0.2, 0.25) is 0 Å². The van der Waals surface area contributed by atoms with E-state index in [9.17, 15) is 0 Å². The highest BCUT2D eigenvalue weighted by molar-refractivity contribution is 5.98. The topological polar surface area (TPSA) is 32.5 Å². The van der Waals surface area contributed by atoms with Gasteiger partial charge in [0.25, 0.3) is 0 Å². The molecule has 0 radical (unpaired) electrons. The number of allylic oxidation sites excluding steroid dienone is 1. The van der Waals surface area contributed by atoms with Crippen molar-refractivity contribution in [2.24, 2.45) is 5.84 Å². The number of nitrogens with two attached hydrogens (primary N) is 1. The van der Waals surface area contributed by atoms with Crippen molar-refractivity contribution in [1.82, 2.24) is 0 Å². The third-order valence-electron chi connectivity index (χ3n) is 5.45. The Morgan fingerprint density at radius 2 is 1.64 bits per heavy atom. The molecule has 0 saturated carbocycles. The first-order valence-electron chi connectivity index (χ1n) is 9.82. The van der Waals surface area contributed by atoms with Gasteiger partial charge in [-0.1, -0.05) is 48.6 Å². The predicted molar refractivity (Wildman–Crippen MR) is 123 cm³/mol. The van der Waals surface area contributed by atoms with Crippen LogP contribution in [0.1, 0.15) is 36.5 Å². The molecule has 0 saturated heterocycles. The highest BCUT2D eigenvalue weighted by Gasteiger charge is 2.22. The molecular weight excluding hydrogens is 342 g/mol. The molecule has 0 aromatic heterocycles. The number of aryl methyl sites for hydroxylation is 1. The number of anilines is 2. The summed E-state index contributed by atoms with van der Waals surface area (Å²) in [5, 5.41) is 4.25. The molecule has 3 aromatic rings. The molecule has 0 fully saturated rings. The van der Waals surface area contributed by atoms with Crippen molar-refractivity contribution in [3.63, 3.8) is 0 Å². The lowest BCUT2D eigenvalue weighted by Gasteiger charge is -2.27. The van der Waals surface area contributed by atoms with E-state index in [1.165, 1.54) is 33.2 Å². The van der Waals surface area contributed by atoms with Crippen LogP contribution in [-0.4, -0.2) is 20.6 Å². The number of benzene rings is 3. The molecule has 1 atom stereocenters. The minimum atomic E-state index is 0.142. The second-order valence-corrected chi connectivity index (χ2v) is 7.72. The second-order valence-electron chi connectivity index (χ2n) is 7.72. The standard InChI is InChI=1S/C25H31N3/c1-7-28(26)23-16-18(4)25(22-11-9-8-10-21(22)23)24(17(2)3)19-12-14-20(15-13-19)27(5)6/h8-16,24H,2,7,26H2,1,3-6H3. The highest BCUT2D eigenvalue weighted by Crippen LogP contribution is 2.41. The zero-order valence-electron chi connectivity index (χ0n) is 17.7. The zero-order valence-corrected chi connectivity index (χ0v) is 17.7. The molecule has 0 aliphatic rings. The lowest BCUT2D eigenvalue weighted by molar-refractivity contribution is 0.892. The van der Waals surface area contributed by atoms with Gasteiger partial charge in [0.2, 0.25) is 0 Å². The van der Waals surface area contributed by atoms with Crippen LogP contribution in [0.5, 0.6) is 0 Å². The van der Waals surface area contributed by atoms with E-state index in [2.05, 4.69) is 101 Å². The molecule has 3 heteroatoms. The summed E-state index contributed by atoms with van der Waals surface area (Å²) in [6.45, 7) is 11.5. The van der Waals surface area contributed by atoms with Gasteiger partial charge in [-0.2, -0.15) is 0 Å². The lowest BCUT2D eigenvalue weighted by atomic mass is 9.81. The molecular formula is C25H31N3. The summed E-state index contributed by atoms with van der Waals surface area (Å²) in [7, 11) is 4.13. The normalized spacial score (nSPS) is 12.1. The minimum Gasteiger partial charge on any atom is -0.378 e. The number of hydrogen-bond donors (Lipinski definition) is 1. The van der Waals surface area contributed by atoms with Crippen LogP contribution in [0.4, 0.5) is 11.4 Å². The van der Waals surface area contributed by atoms with Crippen LogP contribution in [0.3, 0.4) is 0 Å². The minimum absolute atomic E-state index is 0.142. The van der Waals surface area contributed by atoms with Crippen molar-refractivity contribution in [2.75, 3.05) is 30.5 Å². The van der Waals surface area contributed by atoms with Gasteiger partial charge in [-0.3, -0.25) is 0 Å². The SMILES string of the molecule is C=C(C)C(c1ccc(N(C)C)cc1)c1c(C)cc(N(N)CC)c2ccccc12. The Labute approximate surface area is 169 Å². The summed E-state index contributed by atoms with van der Waals surface area (Å²) in [4.78, 5) is 2.12. The van der Waals surface area contributed by atoms with Crippen LogP contribution in [0, 0.1) is 6.92 Å². The molecule has 28 heavy (non-hydrogen) atoms. The summed E-state index contributed by atoms with van der Waals surface area (Å²) in [5.41, 5.74) is 7.22. The fourth-order valence-electron chi connectivity index (χ4n) is 3.97. The third-order valence-corrected chi connectivity index (χ3v) is 5.45. The van der Waals surface area contributed by atoms with E-state index < -0.39 is 0 Å². The van der Waals surface area contributed by atoms with Gasteiger partial charge in [0, 0.05) is 37.6 Å². The number of hydrazine groups is 1. The van der Waals surface area contributed by atoms with Gasteiger partial charge in [-0.15, -0.1) is 0 Å². The Hall–Kier alpha value is -2.78. The van der Waals surface area contributed by atoms with E-state index in [-0.39, 0.29) is 5.92 Å². The molecule has 0 aliphatic carbocycles. The summed E-state index contributed by atoms with van der Waals surface area (Å²) in [5.74, 6) is 6.42. The van der Waals surface area contributed by atoms with Crippen molar-refractivity contribution in [1.29, 1.82) is 0 Å². The maximum Gasteiger partial charge on any atom is 0.0598 e. The first-order valence-corrected chi connectivity index (χ1v) is 9.82. The average Bonchev–Trinajstić information content (AvgIpc) is 2.69. The number of fused-ring (bicyclic) bond motifs is 1. The Morgan fingerprint density at radius 3 is 2.18 bits per heavy atom. The van der Waals surface area contributed by atoms with Crippen molar-refractivity contribution < 1.29 is 0 Å². The van der Waals surface area contributed by atoms with Gasteiger partial charge in [0.15, 0.2) is 0 Å². The zero-order chi connectivity index (χ0) is 20.4. The smallest absolute Gasteiger partial charge is 0.0598 e. The van der Waals surface area contributed by atoms with E-state index >= 15 is 0 Å². The first-order chi connectivity index (χ1) is 13.3. The lowest BCUT2D eigenvalue weighted by Crippen LogP contribution is -2.30. The third kappa shape index (κ3) is 3.63. The Bertz CT molecular complexity index is 987. The summed E-state index contributed by atoms with van der Waals surface area (Å²) in [6, 6.07) is 19.6. The van der Waals surface area contributed by atoms with Gasteiger partial charge in [0.05, 0.1) is 5.69 Å². The molecule has 0 aliphatic heterocycles. The number of hydrogen-bond acceptors (Lipinski definition) is 3. The van der Waals surface area contributed by atoms with Crippen molar-refractivity contribution in [3.8, 4) is 0 Å². The average molecular weight is 374 g/mol. The molecule has 3 rings (SSSR count). The van der Waals surface area contributed by atoms with Crippen LogP contribution in [0.15, 0.2) is 66.7 Å². The Balaban J connectivity index is 2.24. The molecule has 0 heterocycles. The van der Waals surface area contributed by atoms with Gasteiger partial charge < -0.3 is 9.91 Å². The van der Waals surface area contributed by atoms with Gasteiger partial charge in [-0.25, -0.2) is 5.84 Å². The summed E-state index contributed by atoms with van der Waals surface area (Å²) < 4.78 is 0. The van der Waals surface area contributed by atoms with Crippen LogP contribution in [0.25, 0.3) is 10.8 Å². The first kappa shape index (κ1) is 20.0. The molecule has 3 nitrogen and oxygen atoms in total. The quantitative estimate of drug-likeness (QED) is 0.346. The van der Waals surface area contributed by atoms with Crippen LogP contribution >= 0.6 is 0 Å². The van der Waals surface area contributed by atoms with Crippen molar-refractivity contribution in [3.05, 3.63) is 83.4 Å². The van der Waals surface area contributed by atoms with Gasteiger partial charge in [-0.05, 0) is 61.0 Å². The van der Waals surface area contributed by atoms with E-state index in [1.807, 2.05) is 5.01 Å². The number of nitrogens with zero attached hydrogens (tertiary/aromatic N) is 2. The Morgan fingerprint density at radius 1 is 1.04 bits per heavy atom. The summed E-state index contributed by atoms with van der Waals surface area (Å²) in [6.07, 6.45) is 0. The largest absolute Gasteiger partial charge is 0.378 e. The Kier molecular flexibility index (Phi) is 5.76. The molecule has 0 spiro atoms. The molecule has 2 N–H and O–H groups in total. The second kappa shape index (κ2) is 8.07. The fourth-order valence-corrected chi connectivity index (χ4v) is 3.97. The molecule has 146 valence electrons. The van der Waals surface area contributed by atoms with Crippen molar-refractivity contribution >= 4 is 22.1 Å². The fraction of sp³-hybridized carbons (Fsp3) is 0.280. The van der Waals surface area contributed by atoms with E-state index in [0.717, 1.165) is 17.8 Å². The number of rotatable bonds is 6. The van der Waals surface area contributed by atoms with E-state index in [1.54, 1.807) is 0 Å². The summed E-state index contributed by atoms with van der Waals surface area (Å²) >= 11 is 0. The highest BCUT2D eigenvalue weighted by atomic mass is 15.4. The predicted octanol–water partition coefficient (Wildman–Crippen LogP) is 5.62. The van der Waals surface area contributed by atoms with Gasteiger partial charge in [0.1, 0.15) is 0 Å². The van der Waals surface area contributed by atoms with Crippen LogP contribution in [-0.2, 0) is 0 Å². The van der Waals surface area contributed by atoms with Crippen molar-refractivity contribution in [2.45, 2.75) is 26.7 Å². The molecule has 1 unspecified atom stereocenters. The van der Waals surface area contributed by atoms with E-state index in [0.29, 0.717) is 0 Å².